The van der Waals surface area contributed by atoms with Crippen molar-refractivity contribution in [1.82, 2.24) is 0 Å². The second kappa shape index (κ2) is 71.3. The van der Waals surface area contributed by atoms with E-state index in [1.54, 1.807) is 0 Å². The van der Waals surface area contributed by atoms with Gasteiger partial charge in [-0.05, 0) is 70.6 Å². The van der Waals surface area contributed by atoms with Crippen LogP contribution in [0.2, 0.25) is 0 Å². The predicted molar refractivity (Wildman–Crippen MR) is 362 cm³/mol. The fourth-order valence-corrected chi connectivity index (χ4v) is 10.8. The Kier molecular flexibility index (Phi) is 68.6. The van der Waals surface area contributed by atoms with Gasteiger partial charge in [0.1, 0.15) is 13.2 Å². The van der Waals surface area contributed by atoms with Gasteiger partial charge >= 0.3 is 17.9 Å². The van der Waals surface area contributed by atoms with Crippen LogP contribution in [0.1, 0.15) is 380 Å². The van der Waals surface area contributed by atoms with Crippen LogP contribution in [0.4, 0.5) is 0 Å². The molecule has 1 unspecified atom stereocenters. The van der Waals surface area contributed by atoms with E-state index in [0.717, 1.165) is 109 Å². The lowest BCUT2D eigenvalue weighted by atomic mass is 10.0. The number of carbonyl (C=O) groups excluding carboxylic acids is 3. The smallest absolute Gasteiger partial charge is 0.306 e. The Morgan fingerprint density at radius 2 is 0.470 bits per heavy atom. The predicted octanol–water partition coefficient (Wildman–Crippen LogP) is 25.2. The number of esters is 3. The van der Waals surface area contributed by atoms with Crippen LogP contribution in [-0.2, 0) is 28.6 Å². The van der Waals surface area contributed by atoms with Crippen LogP contribution in [0.15, 0.2) is 72.9 Å². The third-order valence-electron chi connectivity index (χ3n) is 16.2. The minimum absolute atomic E-state index is 0.0765. The molecule has 482 valence electrons. The number of hydrogen-bond donors (Lipinski definition) is 0. The Morgan fingerprint density at radius 3 is 0.735 bits per heavy atom. The lowest BCUT2D eigenvalue weighted by Gasteiger charge is -2.18. The molecule has 0 saturated heterocycles. The summed E-state index contributed by atoms with van der Waals surface area (Å²) in [4.78, 5) is 38.5. The second-order valence-corrected chi connectivity index (χ2v) is 24.5. The molecule has 0 spiro atoms. The molecule has 0 rings (SSSR count). The SMILES string of the molecule is CC/C=C\C/C=C\C/C=C\C/C=C\C/C=C\C/C=C\CCCCCCCCC(=O)OC(COC(=O)CCCCCCCCCCCCCCC)COC(=O)CCCCCCCCCCCCCCCCCCCCCCCCCCCCC. The van der Waals surface area contributed by atoms with E-state index in [9.17, 15) is 14.4 Å². The highest BCUT2D eigenvalue weighted by Gasteiger charge is 2.19. The van der Waals surface area contributed by atoms with Gasteiger partial charge < -0.3 is 14.2 Å². The van der Waals surface area contributed by atoms with Gasteiger partial charge in [-0.1, -0.05) is 363 Å². The summed E-state index contributed by atoms with van der Waals surface area (Å²) in [5.74, 6) is -0.867. The summed E-state index contributed by atoms with van der Waals surface area (Å²) >= 11 is 0. The maximum atomic E-state index is 13.0. The van der Waals surface area contributed by atoms with Gasteiger partial charge in [0.25, 0.3) is 0 Å². The van der Waals surface area contributed by atoms with Crippen LogP contribution in [0, 0.1) is 0 Å². The van der Waals surface area contributed by atoms with Gasteiger partial charge in [0.2, 0.25) is 0 Å². The fourth-order valence-electron chi connectivity index (χ4n) is 10.8. The molecule has 83 heavy (non-hydrogen) atoms. The molecule has 0 amide bonds. The molecule has 0 bridgehead atoms. The third-order valence-corrected chi connectivity index (χ3v) is 16.2. The Hall–Kier alpha value is -3.15. The van der Waals surface area contributed by atoms with Crippen molar-refractivity contribution in [3.8, 4) is 0 Å². The van der Waals surface area contributed by atoms with E-state index in [2.05, 4.69) is 93.7 Å². The molecule has 0 saturated carbocycles. The largest absolute Gasteiger partial charge is 0.462 e. The average molecular weight is 1160 g/mol. The molecule has 0 aromatic carbocycles. The van der Waals surface area contributed by atoms with Crippen LogP contribution in [0.5, 0.6) is 0 Å². The normalized spacial score (nSPS) is 12.5. The van der Waals surface area contributed by atoms with E-state index in [4.69, 9.17) is 14.2 Å². The lowest BCUT2D eigenvalue weighted by molar-refractivity contribution is -0.167. The summed E-state index contributed by atoms with van der Waals surface area (Å²) < 4.78 is 17.0. The van der Waals surface area contributed by atoms with E-state index < -0.39 is 6.10 Å². The van der Waals surface area contributed by atoms with Gasteiger partial charge in [-0.2, -0.15) is 0 Å². The highest BCUT2D eigenvalue weighted by Crippen LogP contribution is 2.19. The summed E-state index contributed by atoms with van der Waals surface area (Å²) in [6.07, 6.45) is 93.7. The zero-order valence-corrected chi connectivity index (χ0v) is 55.5. The van der Waals surface area contributed by atoms with Crippen LogP contribution in [-0.4, -0.2) is 37.2 Å². The minimum atomic E-state index is -0.783. The number of rotatable bonds is 67. The summed E-state index contributed by atoms with van der Waals surface area (Å²) in [6, 6.07) is 0. The maximum absolute atomic E-state index is 13.0. The van der Waals surface area contributed by atoms with Gasteiger partial charge in [-0.25, -0.2) is 0 Å². The highest BCUT2D eigenvalue weighted by molar-refractivity contribution is 5.71. The molecule has 0 aliphatic heterocycles. The molecule has 0 N–H and O–H groups in total. The van der Waals surface area contributed by atoms with Crippen molar-refractivity contribution < 1.29 is 28.6 Å². The van der Waals surface area contributed by atoms with Crippen molar-refractivity contribution >= 4 is 17.9 Å². The molecule has 0 aliphatic rings. The van der Waals surface area contributed by atoms with Crippen LogP contribution < -0.4 is 0 Å². The van der Waals surface area contributed by atoms with Gasteiger partial charge in [0, 0.05) is 19.3 Å². The standard InChI is InChI=1S/C77H138O6/c1-4-7-10-13-16-19-22-25-27-29-31-33-35-37-38-40-41-43-45-47-49-52-55-58-61-64-67-70-76(79)82-73-74(72-81-75(78)69-66-63-60-57-54-51-24-21-18-15-12-9-6-3)83-77(80)71-68-65-62-59-56-53-50-48-46-44-42-39-36-34-32-30-28-26-23-20-17-14-11-8-5-2/h8,11,17,20,26,28,32,34,39,42,46,48,74H,4-7,9-10,12-16,18-19,21-25,27,29-31,33,35-38,40-41,43-45,47,49-73H2,1-3H3/b11-8-,20-17-,28-26-,34-32-,42-39-,48-46-. The molecule has 0 aromatic rings. The number of carbonyl (C=O) groups is 3. The van der Waals surface area contributed by atoms with E-state index in [-0.39, 0.29) is 31.1 Å². The Labute approximate surface area is 516 Å². The highest BCUT2D eigenvalue weighted by atomic mass is 16.6. The first-order valence-corrected chi connectivity index (χ1v) is 36.4. The van der Waals surface area contributed by atoms with Gasteiger partial charge in [-0.3, -0.25) is 14.4 Å². The first-order valence-electron chi connectivity index (χ1n) is 36.4. The van der Waals surface area contributed by atoms with Gasteiger partial charge in [0.05, 0.1) is 0 Å². The molecular weight excluding hydrogens is 1020 g/mol. The van der Waals surface area contributed by atoms with Crippen molar-refractivity contribution in [2.45, 2.75) is 386 Å². The third kappa shape index (κ3) is 69.5. The minimum Gasteiger partial charge on any atom is -0.462 e. The van der Waals surface area contributed by atoms with Gasteiger partial charge in [0.15, 0.2) is 6.10 Å². The van der Waals surface area contributed by atoms with E-state index in [0.29, 0.717) is 19.3 Å². The van der Waals surface area contributed by atoms with Crippen LogP contribution in [0.25, 0.3) is 0 Å². The molecule has 0 heterocycles. The molecule has 0 fully saturated rings. The first-order chi connectivity index (χ1) is 41.0. The molecule has 0 aromatic heterocycles. The molecule has 1 atom stereocenters. The molecule has 0 radical (unpaired) electrons. The zero-order valence-electron chi connectivity index (χ0n) is 55.5. The first kappa shape index (κ1) is 79.8. The average Bonchev–Trinajstić information content (AvgIpc) is 3.49. The van der Waals surface area contributed by atoms with Crippen LogP contribution in [0.3, 0.4) is 0 Å². The van der Waals surface area contributed by atoms with E-state index in [1.807, 2.05) is 0 Å². The molecule has 6 nitrogen and oxygen atoms in total. The Balaban J connectivity index is 4.27. The van der Waals surface area contributed by atoms with Crippen molar-refractivity contribution in [2.75, 3.05) is 13.2 Å². The molecule has 0 aliphatic carbocycles. The zero-order chi connectivity index (χ0) is 59.9. The quantitative estimate of drug-likeness (QED) is 0.0261. The van der Waals surface area contributed by atoms with Crippen molar-refractivity contribution in [1.29, 1.82) is 0 Å². The maximum Gasteiger partial charge on any atom is 0.306 e. The van der Waals surface area contributed by atoms with Crippen LogP contribution >= 0.6 is 0 Å². The van der Waals surface area contributed by atoms with E-state index in [1.165, 1.54) is 231 Å². The topological polar surface area (TPSA) is 78.9 Å². The number of allylic oxidation sites excluding steroid dienone is 12. The number of unbranched alkanes of at least 4 members (excludes halogenated alkanes) is 44. The monoisotopic (exact) mass is 1160 g/mol. The Morgan fingerprint density at radius 1 is 0.253 bits per heavy atom. The molecular formula is C77H138O6. The number of hydrogen-bond acceptors (Lipinski definition) is 6. The second-order valence-electron chi connectivity index (χ2n) is 24.5. The van der Waals surface area contributed by atoms with Gasteiger partial charge in [-0.15, -0.1) is 0 Å². The lowest BCUT2D eigenvalue weighted by Crippen LogP contribution is -2.30. The van der Waals surface area contributed by atoms with Crippen molar-refractivity contribution in [3.05, 3.63) is 72.9 Å². The Bertz CT molecular complexity index is 1520. The van der Waals surface area contributed by atoms with Crippen molar-refractivity contribution in [2.24, 2.45) is 0 Å². The molecule has 6 heteroatoms. The summed E-state index contributed by atoms with van der Waals surface area (Å²) in [6.45, 7) is 6.58. The summed E-state index contributed by atoms with van der Waals surface area (Å²) in [7, 11) is 0. The van der Waals surface area contributed by atoms with E-state index >= 15 is 0 Å². The fraction of sp³-hybridized carbons (Fsp3) is 0.805. The number of ether oxygens (including phenoxy) is 3. The summed E-state index contributed by atoms with van der Waals surface area (Å²) in [5, 5.41) is 0. The van der Waals surface area contributed by atoms with Crippen molar-refractivity contribution in [3.63, 3.8) is 0 Å². The summed E-state index contributed by atoms with van der Waals surface area (Å²) in [5.41, 5.74) is 0.